The molecule has 0 aliphatic carbocycles. The minimum Gasteiger partial charge on any atom is -0.481 e. The molecule has 0 saturated carbocycles. The first-order chi connectivity index (χ1) is 25.3. The Kier molecular flexibility index (Phi) is 11.2. The van der Waals surface area contributed by atoms with Crippen molar-refractivity contribution < 1.29 is 28.3 Å². The Morgan fingerprint density at radius 1 is 0.981 bits per heavy atom. The fourth-order valence-corrected chi connectivity index (χ4v) is 7.45. The van der Waals surface area contributed by atoms with E-state index in [9.17, 15) is 19.2 Å². The van der Waals surface area contributed by atoms with Crippen LogP contribution in [-0.2, 0) is 24.3 Å². The van der Waals surface area contributed by atoms with Crippen molar-refractivity contribution in [2.75, 3.05) is 20.2 Å². The molecule has 14 nitrogen and oxygen atoms in total. The van der Waals surface area contributed by atoms with E-state index in [4.69, 9.17) is 14.1 Å². The normalized spacial score (nSPS) is 20.2. The summed E-state index contributed by atoms with van der Waals surface area (Å²) in [6.07, 6.45) is 0.461. The number of fused-ring (bicyclic) bond motifs is 5. The molecule has 4 amide bonds. The number of oxazole rings is 1. The lowest BCUT2D eigenvalue weighted by Crippen LogP contribution is -2.48. The van der Waals surface area contributed by atoms with E-state index >= 15 is 0 Å². The first-order valence-corrected chi connectivity index (χ1v) is 18.7. The first kappa shape index (κ1) is 37.6. The summed E-state index contributed by atoms with van der Waals surface area (Å²) in [6.45, 7) is 11.9. The molecule has 15 heteroatoms. The van der Waals surface area contributed by atoms with E-state index in [2.05, 4.69) is 25.9 Å². The van der Waals surface area contributed by atoms with Crippen molar-refractivity contribution in [3.63, 3.8) is 0 Å². The molecule has 3 aromatic heterocycles. The highest BCUT2D eigenvalue weighted by Gasteiger charge is 2.34. The number of aryl methyl sites for hydroxylation is 1. The molecule has 4 aromatic rings. The largest absolute Gasteiger partial charge is 0.481 e. The van der Waals surface area contributed by atoms with Crippen LogP contribution in [0, 0.1) is 12.8 Å². The van der Waals surface area contributed by atoms with E-state index in [0.29, 0.717) is 46.4 Å². The van der Waals surface area contributed by atoms with Crippen molar-refractivity contribution in [1.82, 2.24) is 40.7 Å². The van der Waals surface area contributed by atoms with Crippen LogP contribution >= 0.6 is 11.3 Å². The van der Waals surface area contributed by atoms with Crippen LogP contribution in [-0.4, -0.2) is 80.7 Å². The maximum atomic E-state index is 14.0. The number of hydrogen-bond acceptors (Lipinski definition) is 11. The van der Waals surface area contributed by atoms with Crippen molar-refractivity contribution in [2.24, 2.45) is 5.92 Å². The van der Waals surface area contributed by atoms with Crippen LogP contribution in [0.2, 0.25) is 0 Å². The monoisotopic (exact) mass is 742 g/mol. The Morgan fingerprint density at radius 3 is 2.43 bits per heavy atom. The summed E-state index contributed by atoms with van der Waals surface area (Å²) >= 11 is 1.27. The zero-order valence-electron chi connectivity index (χ0n) is 31.1. The van der Waals surface area contributed by atoms with Crippen LogP contribution < -0.4 is 20.7 Å². The Hall–Kier alpha value is -5.15. The standard InChI is InChI=1S/C38H46N8O6S/c1-20(2)31-36-44-32(23(6)52-36)34(49)39-22(5)37-42-29(19-53-37)33(48)40-26(13-24-11-9-8-10-12-24)16-45(18-30(47)43-31)15-25-14-27-28(41-35(25)51-7)17-46(21(3)4)38(27)50/h8-12,14,19-22,26,31H,13,15-18H2,1-7H3,(H,39,49)(H,40,48)(H,43,47)/t22-,26-,31+/m1/s1. The molecule has 1 aromatic carbocycles. The number of carbonyl (C=O) groups is 4. The van der Waals surface area contributed by atoms with Gasteiger partial charge in [0.1, 0.15) is 22.5 Å². The molecule has 53 heavy (non-hydrogen) atoms. The third kappa shape index (κ3) is 8.41. The number of carbonyl (C=O) groups excluding carboxylic acids is 4. The predicted octanol–water partition coefficient (Wildman–Crippen LogP) is 4.37. The van der Waals surface area contributed by atoms with Gasteiger partial charge in [0.05, 0.1) is 37.5 Å². The van der Waals surface area contributed by atoms with Crippen LogP contribution in [0.3, 0.4) is 0 Å². The van der Waals surface area contributed by atoms with E-state index in [1.807, 2.05) is 62.9 Å². The summed E-state index contributed by atoms with van der Waals surface area (Å²) in [7, 11) is 1.53. The second kappa shape index (κ2) is 15.8. The summed E-state index contributed by atoms with van der Waals surface area (Å²) in [5.74, 6) is -0.522. The van der Waals surface area contributed by atoms with E-state index in [0.717, 1.165) is 5.56 Å². The number of pyridine rings is 1. The van der Waals surface area contributed by atoms with Crippen molar-refractivity contribution in [1.29, 1.82) is 0 Å². The quantitative estimate of drug-likeness (QED) is 0.247. The van der Waals surface area contributed by atoms with Gasteiger partial charge < -0.3 is 30.0 Å². The molecule has 0 spiro atoms. The third-order valence-corrected chi connectivity index (χ3v) is 10.4. The van der Waals surface area contributed by atoms with Crippen molar-refractivity contribution in [3.8, 4) is 5.88 Å². The smallest absolute Gasteiger partial charge is 0.274 e. The van der Waals surface area contributed by atoms with Gasteiger partial charge in [-0.05, 0) is 51.7 Å². The Morgan fingerprint density at radius 2 is 1.74 bits per heavy atom. The maximum Gasteiger partial charge on any atom is 0.274 e. The molecule has 0 fully saturated rings. The zero-order chi connectivity index (χ0) is 38.0. The van der Waals surface area contributed by atoms with E-state index in [1.165, 1.54) is 18.4 Å². The van der Waals surface area contributed by atoms with E-state index in [-0.39, 0.29) is 66.6 Å². The van der Waals surface area contributed by atoms with Crippen LogP contribution in [0.4, 0.5) is 0 Å². The van der Waals surface area contributed by atoms with Gasteiger partial charge in [0.15, 0.2) is 5.69 Å². The molecule has 0 radical (unpaired) electrons. The average Bonchev–Trinajstić information content (AvgIpc) is 3.84. The Labute approximate surface area is 312 Å². The van der Waals surface area contributed by atoms with Gasteiger partial charge in [-0.25, -0.2) is 15.0 Å². The highest BCUT2D eigenvalue weighted by atomic mass is 32.1. The van der Waals surface area contributed by atoms with Gasteiger partial charge in [-0.15, -0.1) is 11.3 Å². The van der Waals surface area contributed by atoms with Crippen molar-refractivity contribution in [2.45, 2.75) is 85.2 Å². The molecule has 5 heterocycles. The topological polar surface area (TPSA) is 172 Å². The van der Waals surface area contributed by atoms with Gasteiger partial charge in [-0.2, -0.15) is 0 Å². The number of methoxy groups -OCH3 is 1. The lowest BCUT2D eigenvalue weighted by atomic mass is 10.0. The second-order valence-electron chi connectivity index (χ2n) is 14.2. The van der Waals surface area contributed by atoms with Gasteiger partial charge in [0.25, 0.3) is 17.7 Å². The molecule has 6 rings (SSSR count). The number of amides is 4. The fraction of sp³-hybridized carbons (Fsp3) is 0.447. The van der Waals surface area contributed by atoms with E-state index in [1.54, 1.807) is 30.2 Å². The van der Waals surface area contributed by atoms with Crippen molar-refractivity contribution >= 4 is 35.0 Å². The van der Waals surface area contributed by atoms with Crippen LogP contribution in [0.5, 0.6) is 5.88 Å². The van der Waals surface area contributed by atoms with Gasteiger partial charge >= 0.3 is 0 Å². The van der Waals surface area contributed by atoms with Gasteiger partial charge in [-0.1, -0.05) is 44.2 Å². The molecular weight excluding hydrogens is 697 g/mol. The maximum absolute atomic E-state index is 14.0. The number of ether oxygens (including phenoxy) is 1. The summed E-state index contributed by atoms with van der Waals surface area (Å²) in [5.41, 5.74) is 3.08. The van der Waals surface area contributed by atoms with Gasteiger partial charge in [0.2, 0.25) is 17.7 Å². The summed E-state index contributed by atoms with van der Waals surface area (Å²) in [4.78, 5) is 72.0. The molecule has 2 aliphatic rings. The lowest BCUT2D eigenvalue weighted by molar-refractivity contribution is -0.123. The molecule has 280 valence electrons. The average molecular weight is 743 g/mol. The molecule has 0 saturated heterocycles. The minimum atomic E-state index is -0.641. The number of hydrogen-bond donors (Lipinski definition) is 3. The molecule has 2 aliphatic heterocycles. The highest BCUT2D eigenvalue weighted by Crippen LogP contribution is 2.30. The number of thiazole rings is 1. The first-order valence-electron chi connectivity index (χ1n) is 17.8. The number of nitrogens with zero attached hydrogens (tertiary/aromatic N) is 5. The minimum absolute atomic E-state index is 0.00785. The molecular formula is C38H46N8O6S. The van der Waals surface area contributed by atoms with Gasteiger partial charge in [-0.3, -0.25) is 24.1 Å². The number of aromatic nitrogens is 3. The predicted molar refractivity (Wildman–Crippen MR) is 197 cm³/mol. The number of benzene rings is 1. The van der Waals surface area contributed by atoms with Crippen molar-refractivity contribution in [3.05, 3.63) is 92.2 Å². The van der Waals surface area contributed by atoms with Gasteiger partial charge in [0, 0.05) is 36.1 Å². The number of nitrogens with one attached hydrogen (secondary N) is 3. The fourth-order valence-electron chi connectivity index (χ4n) is 6.65. The zero-order valence-corrected chi connectivity index (χ0v) is 31.9. The third-order valence-electron chi connectivity index (χ3n) is 9.42. The summed E-state index contributed by atoms with van der Waals surface area (Å²) in [6, 6.07) is 9.94. The van der Waals surface area contributed by atoms with Crippen LogP contribution in [0.25, 0.3) is 0 Å². The molecule has 3 atom stereocenters. The SMILES string of the molecule is COc1nc2c(cc1CN1CC(=O)N[C@@H](C(C)C)c3nc(c(C)o3)C(=O)N[C@H](C)c3nc(cs3)C(=O)N[C@H](Cc3ccccc3)C1)C(=O)N(C(C)C)C2. The van der Waals surface area contributed by atoms with Crippen LogP contribution in [0.1, 0.15) is 112 Å². The molecule has 3 N–H and O–H groups in total. The highest BCUT2D eigenvalue weighted by molar-refractivity contribution is 7.09. The summed E-state index contributed by atoms with van der Waals surface area (Å²) in [5, 5.41) is 11.4. The summed E-state index contributed by atoms with van der Waals surface area (Å²) < 4.78 is 11.7. The van der Waals surface area contributed by atoms with E-state index < -0.39 is 24.0 Å². The Balaban J connectivity index is 1.40. The number of rotatable bonds is 7. The Bertz CT molecular complexity index is 1990. The molecule has 0 unspecified atom stereocenters. The second-order valence-corrected chi connectivity index (χ2v) is 15.1. The lowest BCUT2D eigenvalue weighted by Gasteiger charge is -2.29. The molecule has 4 bridgehead atoms. The van der Waals surface area contributed by atoms with Crippen LogP contribution in [0.15, 0.2) is 46.2 Å².